The summed E-state index contributed by atoms with van der Waals surface area (Å²) in [5, 5.41) is 0. The van der Waals surface area contributed by atoms with Gasteiger partial charge in [-0.3, -0.25) is 0 Å². The summed E-state index contributed by atoms with van der Waals surface area (Å²) >= 11 is 0. The van der Waals surface area contributed by atoms with Crippen LogP contribution in [0.3, 0.4) is 0 Å². The summed E-state index contributed by atoms with van der Waals surface area (Å²) in [6, 6.07) is 16.5. The highest BCUT2D eigenvalue weighted by molar-refractivity contribution is 5.34. The highest BCUT2D eigenvalue weighted by atomic mass is 19.4. The lowest BCUT2D eigenvalue weighted by atomic mass is 10.1. The molecule has 21 heavy (non-hydrogen) atoms. The summed E-state index contributed by atoms with van der Waals surface area (Å²) in [7, 11) is 0. The molecule has 0 saturated heterocycles. The van der Waals surface area contributed by atoms with Crippen LogP contribution in [0.1, 0.15) is 5.56 Å². The van der Waals surface area contributed by atoms with Gasteiger partial charge in [0.2, 0.25) is 0 Å². The first-order valence-corrected chi connectivity index (χ1v) is 6.34. The zero-order valence-corrected chi connectivity index (χ0v) is 11.1. The van der Waals surface area contributed by atoms with E-state index < -0.39 is 6.18 Å². The van der Waals surface area contributed by atoms with Crippen molar-refractivity contribution in [3.05, 3.63) is 78.0 Å². The summed E-state index contributed by atoms with van der Waals surface area (Å²) in [5.74, 6) is 1.36. The fourth-order valence-corrected chi connectivity index (χ4v) is 1.69. The number of para-hydroxylation sites is 1. The summed E-state index contributed by atoms with van der Waals surface area (Å²) in [6.07, 6.45) is -2.53. The second-order valence-electron chi connectivity index (χ2n) is 4.32. The Labute approximate surface area is 121 Å². The summed E-state index contributed by atoms with van der Waals surface area (Å²) in [4.78, 5) is 0. The number of allylic oxidation sites excluding steroid dienone is 1. The number of alkyl halides is 3. The molecule has 0 saturated carbocycles. The molecule has 0 bridgehead atoms. The molecule has 1 nitrogen and oxygen atoms in total. The zero-order valence-electron chi connectivity index (χ0n) is 11.1. The minimum Gasteiger partial charge on any atom is -0.457 e. The van der Waals surface area contributed by atoms with Crippen molar-refractivity contribution in [3.63, 3.8) is 0 Å². The van der Waals surface area contributed by atoms with E-state index in [1.54, 1.807) is 18.2 Å². The van der Waals surface area contributed by atoms with Crippen molar-refractivity contribution in [2.45, 2.75) is 12.6 Å². The molecule has 0 amide bonds. The molecule has 108 valence electrons. The lowest BCUT2D eigenvalue weighted by molar-refractivity contribution is -0.0796. The predicted octanol–water partition coefficient (Wildman–Crippen LogP) is 5.30. The molecule has 0 fully saturated rings. The molecule has 2 rings (SSSR count). The van der Waals surface area contributed by atoms with E-state index in [0.717, 1.165) is 5.56 Å². The third-order valence-electron chi connectivity index (χ3n) is 2.58. The second-order valence-corrected chi connectivity index (χ2v) is 4.32. The van der Waals surface area contributed by atoms with Crippen LogP contribution in [-0.4, -0.2) is 6.18 Å². The summed E-state index contributed by atoms with van der Waals surface area (Å²) < 4.78 is 41.4. The molecule has 0 aliphatic rings. The SMILES string of the molecule is FC(F)(F)C=C=CCc1cccc(Oc2ccccc2)c1. The Balaban J connectivity index is 2.03. The number of rotatable bonds is 4. The van der Waals surface area contributed by atoms with Crippen molar-refractivity contribution in [2.24, 2.45) is 0 Å². The fourth-order valence-electron chi connectivity index (χ4n) is 1.69. The first-order chi connectivity index (χ1) is 10.0. The molecule has 0 radical (unpaired) electrons. The Morgan fingerprint density at radius 1 is 0.952 bits per heavy atom. The minimum absolute atomic E-state index is 0.0946. The number of benzene rings is 2. The zero-order chi connectivity index (χ0) is 15.1. The van der Waals surface area contributed by atoms with E-state index in [4.69, 9.17) is 4.74 Å². The average Bonchev–Trinajstić information content (AvgIpc) is 2.44. The van der Waals surface area contributed by atoms with Crippen molar-refractivity contribution in [2.75, 3.05) is 0 Å². The van der Waals surface area contributed by atoms with Gasteiger partial charge in [-0.15, -0.1) is 5.73 Å². The number of halogens is 3. The van der Waals surface area contributed by atoms with Gasteiger partial charge >= 0.3 is 6.18 Å². The molecule has 0 spiro atoms. The highest BCUT2D eigenvalue weighted by Gasteiger charge is 2.21. The Bertz CT molecular complexity index is 639. The van der Waals surface area contributed by atoms with Crippen molar-refractivity contribution in [1.82, 2.24) is 0 Å². The molecule has 4 heteroatoms. The maximum atomic E-state index is 11.9. The van der Waals surface area contributed by atoms with E-state index in [1.807, 2.05) is 36.4 Å². The molecule has 0 unspecified atom stereocenters. The monoisotopic (exact) mass is 290 g/mol. The molecular weight excluding hydrogens is 277 g/mol. The van der Waals surface area contributed by atoms with E-state index in [0.29, 0.717) is 17.9 Å². The van der Waals surface area contributed by atoms with Crippen LogP contribution in [0.2, 0.25) is 0 Å². The lowest BCUT2D eigenvalue weighted by Gasteiger charge is -2.06. The Kier molecular flexibility index (Phi) is 4.85. The van der Waals surface area contributed by atoms with Gasteiger partial charge in [-0.2, -0.15) is 13.2 Å². The van der Waals surface area contributed by atoms with Gasteiger partial charge in [-0.05, 0) is 42.3 Å². The standard InChI is InChI=1S/C17H13F3O/c18-17(19,20)12-5-4-7-14-8-6-11-16(13-14)21-15-9-2-1-3-10-15/h1-4,6,8-13H,7H2. The fraction of sp³-hybridized carbons (Fsp3) is 0.118. The van der Waals surface area contributed by atoms with Gasteiger partial charge in [0.25, 0.3) is 0 Å². The van der Waals surface area contributed by atoms with E-state index in [9.17, 15) is 13.2 Å². The van der Waals surface area contributed by atoms with E-state index >= 15 is 0 Å². The van der Waals surface area contributed by atoms with Crippen LogP contribution in [0.4, 0.5) is 13.2 Å². The Morgan fingerprint density at radius 3 is 2.38 bits per heavy atom. The molecule has 2 aromatic carbocycles. The molecule has 0 aliphatic heterocycles. The van der Waals surface area contributed by atoms with Crippen molar-refractivity contribution >= 4 is 0 Å². The van der Waals surface area contributed by atoms with E-state index in [1.165, 1.54) is 6.08 Å². The van der Waals surface area contributed by atoms with Crippen LogP contribution in [-0.2, 0) is 6.42 Å². The highest BCUT2D eigenvalue weighted by Crippen LogP contribution is 2.22. The topological polar surface area (TPSA) is 9.23 Å². The van der Waals surface area contributed by atoms with Gasteiger partial charge in [0.1, 0.15) is 11.5 Å². The molecule has 2 aromatic rings. The smallest absolute Gasteiger partial charge is 0.416 e. The maximum Gasteiger partial charge on any atom is 0.416 e. The minimum atomic E-state index is -4.32. The molecule has 0 aliphatic carbocycles. The third-order valence-corrected chi connectivity index (χ3v) is 2.58. The van der Waals surface area contributed by atoms with E-state index in [-0.39, 0.29) is 6.08 Å². The van der Waals surface area contributed by atoms with Crippen LogP contribution < -0.4 is 4.74 Å². The van der Waals surface area contributed by atoms with Crippen LogP contribution in [0.25, 0.3) is 0 Å². The normalized spacial score (nSPS) is 10.6. The van der Waals surface area contributed by atoms with Crippen molar-refractivity contribution in [3.8, 4) is 11.5 Å². The first kappa shape index (κ1) is 14.9. The third kappa shape index (κ3) is 5.59. The summed E-state index contributed by atoms with van der Waals surface area (Å²) in [5.41, 5.74) is 2.98. The van der Waals surface area contributed by atoms with Crippen molar-refractivity contribution < 1.29 is 17.9 Å². The predicted molar refractivity (Wildman–Crippen MR) is 75.4 cm³/mol. The van der Waals surface area contributed by atoms with Crippen LogP contribution >= 0.6 is 0 Å². The molecule has 0 atom stereocenters. The molecule has 0 N–H and O–H groups in total. The van der Waals surface area contributed by atoms with Gasteiger partial charge < -0.3 is 4.74 Å². The van der Waals surface area contributed by atoms with Gasteiger partial charge in [-0.25, -0.2) is 0 Å². The van der Waals surface area contributed by atoms with Gasteiger partial charge in [-0.1, -0.05) is 30.3 Å². The number of hydrogen-bond acceptors (Lipinski definition) is 1. The Hall–Kier alpha value is -2.45. The molecule has 0 heterocycles. The molecular formula is C17H13F3O. The summed E-state index contributed by atoms with van der Waals surface area (Å²) in [6.45, 7) is 0. The maximum absolute atomic E-state index is 11.9. The van der Waals surface area contributed by atoms with Crippen LogP contribution in [0, 0.1) is 0 Å². The largest absolute Gasteiger partial charge is 0.457 e. The average molecular weight is 290 g/mol. The Morgan fingerprint density at radius 2 is 1.67 bits per heavy atom. The van der Waals surface area contributed by atoms with Gasteiger partial charge in [0.05, 0.1) is 6.08 Å². The molecule has 0 aromatic heterocycles. The second kappa shape index (κ2) is 6.82. The van der Waals surface area contributed by atoms with Crippen LogP contribution in [0.15, 0.2) is 72.5 Å². The lowest BCUT2D eigenvalue weighted by Crippen LogP contribution is -1.99. The number of ether oxygens (including phenoxy) is 1. The van der Waals surface area contributed by atoms with E-state index in [2.05, 4.69) is 5.73 Å². The van der Waals surface area contributed by atoms with Gasteiger partial charge in [0.15, 0.2) is 0 Å². The number of hydrogen-bond donors (Lipinski definition) is 0. The van der Waals surface area contributed by atoms with Crippen LogP contribution in [0.5, 0.6) is 11.5 Å². The van der Waals surface area contributed by atoms with Gasteiger partial charge in [0, 0.05) is 0 Å². The van der Waals surface area contributed by atoms with Crippen molar-refractivity contribution in [1.29, 1.82) is 0 Å². The quantitative estimate of drug-likeness (QED) is 0.695. The first-order valence-electron chi connectivity index (χ1n) is 6.34.